The van der Waals surface area contributed by atoms with E-state index in [9.17, 15) is 44.1 Å². The standard InChI is InChI=1S/C22H18F6O5S/c1-19(18(29)33-20(21(23,24)25,22(26,27)28)11-34(30,31)32)10-16-12-6-2-4-8-14(12)17(19)15-9-5-3-7-13(15)16/h2-9,16-17H,10-11H2,1H3,(H,30,31,32)/p-1. The van der Waals surface area contributed by atoms with E-state index in [4.69, 9.17) is 0 Å². The predicted molar refractivity (Wildman–Crippen MR) is 105 cm³/mol. The Morgan fingerprint density at radius 1 is 0.941 bits per heavy atom. The molecule has 0 radical (unpaired) electrons. The van der Waals surface area contributed by atoms with Crippen LogP contribution < -0.4 is 0 Å². The first-order valence-corrected chi connectivity index (χ1v) is 11.6. The van der Waals surface area contributed by atoms with Crippen LogP contribution in [0.25, 0.3) is 0 Å². The summed E-state index contributed by atoms with van der Waals surface area (Å²) in [6.45, 7) is 1.20. The van der Waals surface area contributed by atoms with Gasteiger partial charge in [-0.2, -0.15) is 26.3 Å². The number of benzene rings is 2. The van der Waals surface area contributed by atoms with Gasteiger partial charge in [0.2, 0.25) is 0 Å². The lowest BCUT2D eigenvalue weighted by atomic mass is 9.52. The molecule has 12 heteroatoms. The molecule has 3 aliphatic carbocycles. The third kappa shape index (κ3) is 3.58. The largest absolute Gasteiger partial charge is 0.748 e. The van der Waals surface area contributed by atoms with Gasteiger partial charge in [0.05, 0.1) is 21.3 Å². The minimum atomic E-state index is -6.42. The number of carbonyl (C=O) groups excluding carboxylic acids is 1. The van der Waals surface area contributed by atoms with Crippen molar-refractivity contribution >= 4 is 16.1 Å². The molecule has 34 heavy (non-hydrogen) atoms. The Hall–Kier alpha value is -2.60. The van der Waals surface area contributed by atoms with Gasteiger partial charge in [-0.15, -0.1) is 0 Å². The van der Waals surface area contributed by atoms with Crippen molar-refractivity contribution in [2.45, 2.75) is 43.1 Å². The summed E-state index contributed by atoms with van der Waals surface area (Å²) in [6.07, 6.45) is -13.0. The van der Waals surface area contributed by atoms with Crippen LogP contribution in [-0.2, 0) is 19.6 Å². The molecule has 0 spiro atoms. The molecule has 5 nitrogen and oxygen atoms in total. The molecule has 0 saturated heterocycles. The van der Waals surface area contributed by atoms with Gasteiger partial charge < -0.3 is 9.29 Å². The first kappa shape index (κ1) is 24.5. The zero-order valence-corrected chi connectivity index (χ0v) is 18.2. The molecule has 0 amide bonds. The van der Waals surface area contributed by atoms with Crippen LogP contribution in [-0.4, -0.2) is 42.6 Å². The van der Waals surface area contributed by atoms with Crippen molar-refractivity contribution in [1.82, 2.24) is 0 Å². The Morgan fingerprint density at radius 2 is 1.35 bits per heavy atom. The first-order valence-electron chi connectivity index (χ1n) is 10.00. The lowest BCUT2D eigenvalue weighted by Crippen LogP contribution is -2.65. The van der Waals surface area contributed by atoms with Crippen molar-refractivity contribution in [3.8, 4) is 0 Å². The molecular formula is C22H17F6O5S-. The molecule has 0 N–H and O–H groups in total. The Kier molecular flexibility index (Phi) is 5.37. The lowest BCUT2D eigenvalue weighted by Gasteiger charge is -2.51. The summed E-state index contributed by atoms with van der Waals surface area (Å²) in [5.74, 6) is -6.36. The maximum absolute atomic E-state index is 13.7. The van der Waals surface area contributed by atoms with E-state index in [1.165, 1.54) is 6.92 Å². The van der Waals surface area contributed by atoms with E-state index < -0.39 is 57.0 Å². The zero-order chi connectivity index (χ0) is 25.3. The van der Waals surface area contributed by atoms with Crippen LogP contribution in [0.5, 0.6) is 0 Å². The van der Waals surface area contributed by atoms with Crippen LogP contribution in [0.4, 0.5) is 26.3 Å². The number of ether oxygens (including phenoxy) is 1. The van der Waals surface area contributed by atoms with Gasteiger partial charge in [-0.05, 0) is 35.6 Å². The van der Waals surface area contributed by atoms with E-state index in [-0.39, 0.29) is 6.42 Å². The number of fused-ring (bicyclic) bond motifs is 1. The van der Waals surface area contributed by atoms with Gasteiger partial charge in [-0.3, -0.25) is 4.79 Å². The Labute approximate surface area is 190 Å². The summed E-state index contributed by atoms with van der Waals surface area (Å²) < 4.78 is 120. The number of hydrogen-bond donors (Lipinski definition) is 0. The van der Waals surface area contributed by atoms with Crippen molar-refractivity contribution in [3.05, 3.63) is 70.8 Å². The normalized spacial score (nSPS) is 24.4. The minimum absolute atomic E-state index is 0.166. The molecule has 0 saturated carbocycles. The second-order valence-electron chi connectivity index (χ2n) is 8.78. The molecule has 184 valence electrons. The number of rotatable bonds is 4. The fourth-order valence-corrected chi connectivity index (χ4v) is 6.04. The smallest absolute Gasteiger partial charge is 0.438 e. The molecule has 0 fully saturated rings. The monoisotopic (exact) mass is 507 g/mol. The van der Waals surface area contributed by atoms with Gasteiger partial charge in [0, 0.05) is 11.8 Å². The average Bonchev–Trinajstić information content (AvgIpc) is 2.70. The van der Waals surface area contributed by atoms with E-state index in [1.807, 2.05) is 0 Å². The number of hydrogen-bond acceptors (Lipinski definition) is 5. The molecule has 0 heterocycles. The fourth-order valence-electron chi connectivity index (χ4n) is 5.16. The highest BCUT2D eigenvalue weighted by Gasteiger charge is 2.76. The third-order valence-electron chi connectivity index (χ3n) is 6.66. The quantitative estimate of drug-likeness (QED) is 0.343. The van der Waals surface area contributed by atoms with Gasteiger partial charge in [-0.1, -0.05) is 48.5 Å². The minimum Gasteiger partial charge on any atom is -0.748 e. The van der Waals surface area contributed by atoms with E-state index in [0.29, 0.717) is 11.1 Å². The summed E-state index contributed by atoms with van der Waals surface area (Å²) in [4.78, 5) is 13.2. The summed E-state index contributed by atoms with van der Waals surface area (Å²) in [5, 5.41) is 0. The highest BCUT2D eigenvalue weighted by molar-refractivity contribution is 7.85. The molecular weight excluding hydrogens is 490 g/mol. The van der Waals surface area contributed by atoms with Crippen molar-refractivity contribution in [2.75, 3.05) is 5.75 Å². The van der Waals surface area contributed by atoms with E-state index in [0.717, 1.165) is 11.1 Å². The molecule has 2 aromatic carbocycles. The second-order valence-corrected chi connectivity index (χ2v) is 10.2. The van der Waals surface area contributed by atoms with Gasteiger partial charge >= 0.3 is 23.9 Å². The SMILES string of the molecule is CC1(C(=O)OC(CS(=O)(=O)[O-])(C(F)(F)F)C(F)(F)F)CC2c3ccccc3C1c1ccccc12. The zero-order valence-electron chi connectivity index (χ0n) is 17.4. The van der Waals surface area contributed by atoms with Gasteiger partial charge in [0.15, 0.2) is 0 Å². The Balaban J connectivity index is 1.86. The number of carbonyl (C=O) groups is 1. The van der Waals surface area contributed by atoms with Crippen LogP contribution >= 0.6 is 0 Å². The van der Waals surface area contributed by atoms with Crippen LogP contribution in [0.2, 0.25) is 0 Å². The van der Waals surface area contributed by atoms with E-state index in [2.05, 4.69) is 4.74 Å². The fraction of sp³-hybridized carbons (Fsp3) is 0.409. The van der Waals surface area contributed by atoms with Crippen molar-refractivity contribution in [2.24, 2.45) is 5.41 Å². The van der Waals surface area contributed by atoms with E-state index >= 15 is 0 Å². The first-order chi connectivity index (χ1) is 15.5. The third-order valence-corrected chi connectivity index (χ3v) is 7.42. The molecule has 2 bridgehead atoms. The lowest BCUT2D eigenvalue weighted by molar-refractivity contribution is -0.363. The highest BCUT2D eigenvalue weighted by Crippen LogP contribution is 2.62. The molecule has 1 unspecified atom stereocenters. The molecule has 1 atom stereocenters. The van der Waals surface area contributed by atoms with Gasteiger partial charge in [-0.25, -0.2) is 8.42 Å². The van der Waals surface area contributed by atoms with Crippen LogP contribution in [0.1, 0.15) is 47.4 Å². The summed E-state index contributed by atoms with van der Waals surface area (Å²) in [5.41, 5.74) is -4.72. The van der Waals surface area contributed by atoms with Crippen molar-refractivity contribution < 1.29 is 48.8 Å². The van der Waals surface area contributed by atoms with Gasteiger partial charge in [0.1, 0.15) is 0 Å². The Morgan fingerprint density at radius 3 is 1.74 bits per heavy atom. The molecule has 3 aliphatic rings. The van der Waals surface area contributed by atoms with Gasteiger partial charge in [0.25, 0.3) is 0 Å². The summed E-state index contributed by atoms with van der Waals surface area (Å²) in [6, 6.07) is 13.5. The van der Waals surface area contributed by atoms with Crippen molar-refractivity contribution in [3.63, 3.8) is 0 Å². The van der Waals surface area contributed by atoms with Crippen molar-refractivity contribution in [1.29, 1.82) is 0 Å². The molecule has 5 rings (SSSR count). The second kappa shape index (κ2) is 7.45. The number of esters is 1. The number of alkyl halides is 6. The molecule has 2 aromatic rings. The summed E-state index contributed by atoms with van der Waals surface area (Å²) in [7, 11) is -6.12. The topological polar surface area (TPSA) is 83.5 Å². The number of halogens is 6. The van der Waals surface area contributed by atoms with Crippen LogP contribution in [0.3, 0.4) is 0 Å². The van der Waals surface area contributed by atoms with Crippen LogP contribution in [0.15, 0.2) is 48.5 Å². The highest BCUT2D eigenvalue weighted by atomic mass is 32.2. The van der Waals surface area contributed by atoms with Crippen LogP contribution in [0, 0.1) is 5.41 Å². The van der Waals surface area contributed by atoms with E-state index in [1.54, 1.807) is 48.5 Å². The Bertz CT molecular complexity index is 1190. The summed E-state index contributed by atoms with van der Waals surface area (Å²) >= 11 is 0. The molecule has 0 aromatic heterocycles. The maximum Gasteiger partial charge on any atom is 0.438 e. The maximum atomic E-state index is 13.7. The average molecular weight is 507 g/mol. The molecule has 0 aliphatic heterocycles. The predicted octanol–water partition coefficient (Wildman–Crippen LogP) is 4.63.